The molecule has 0 spiro atoms. The molecular formula is C20H21NO3S. The van der Waals surface area contributed by atoms with Gasteiger partial charge in [-0.2, -0.15) is 0 Å². The monoisotopic (exact) mass is 355 g/mol. The van der Waals surface area contributed by atoms with E-state index in [1.165, 1.54) is 10.8 Å². The van der Waals surface area contributed by atoms with Crippen LogP contribution >= 0.6 is 11.8 Å². The van der Waals surface area contributed by atoms with Crippen molar-refractivity contribution in [3.8, 4) is 0 Å². The van der Waals surface area contributed by atoms with E-state index in [1.54, 1.807) is 16.7 Å². The Balaban J connectivity index is 1.47. The summed E-state index contributed by atoms with van der Waals surface area (Å²) >= 11 is 1.57. The van der Waals surface area contributed by atoms with Crippen molar-refractivity contribution in [1.29, 1.82) is 0 Å². The van der Waals surface area contributed by atoms with Gasteiger partial charge in [0.05, 0.1) is 11.9 Å². The fourth-order valence-electron chi connectivity index (χ4n) is 3.02. The van der Waals surface area contributed by atoms with Crippen LogP contribution in [0.5, 0.6) is 0 Å². The number of aldehydes is 1. The molecular weight excluding hydrogens is 334 g/mol. The fraction of sp³-hybridized carbons (Fsp3) is 0.350. The third-order valence-corrected chi connectivity index (χ3v) is 5.56. The Morgan fingerprint density at radius 2 is 1.88 bits per heavy atom. The molecule has 1 aliphatic heterocycles. The highest BCUT2D eigenvalue weighted by molar-refractivity contribution is 7.99. The first-order valence-electron chi connectivity index (χ1n) is 8.49. The van der Waals surface area contributed by atoms with Crippen molar-refractivity contribution in [1.82, 2.24) is 4.90 Å². The van der Waals surface area contributed by atoms with Crippen LogP contribution < -0.4 is 0 Å². The maximum Gasteiger partial charge on any atom is 0.224 e. The normalized spacial score (nSPS) is 17.0. The molecule has 0 aliphatic carbocycles. The number of fused-ring (bicyclic) bond motifs is 1. The number of hydrogen-bond acceptors (Lipinski definition) is 4. The molecule has 1 heterocycles. The van der Waals surface area contributed by atoms with Gasteiger partial charge in [0.1, 0.15) is 12.1 Å². The molecule has 1 aliphatic rings. The molecule has 2 aromatic rings. The van der Waals surface area contributed by atoms with Crippen molar-refractivity contribution in [3.63, 3.8) is 0 Å². The van der Waals surface area contributed by atoms with Gasteiger partial charge in [-0.15, -0.1) is 11.8 Å². The summed E-state index contributed by atoms with van der Waals surface area (Å²) in [5, 5.41) is 2.37. The summed E-state index contributed by atoms with van der Waals surface area (Å²) in [5.74, 6) is 1.20. The second-order valence-corrected chi connectivity index (χ2v) is 7.29. The minimum atomic E-state index is -0.329. The third kappa shape index (κ3) is 4.48. The highest BCUT2D eigenvalue weighted by Crippen LogP contribution is 2.21. The quantitative estimate of drug-likeness (QED) is 0.716. The number of benzene rings is 2. The highest BCUT2D eigenvalue weighted by Gasteiger charge is 2.28. The van der Waals surface area contributed by atoms with Gasteiger partial charge in [0.15, 0.2) is 0 Å². The topological polar surface area (TPSA) is 54.5 Å². The number of Topliss-reactive ketones (excluding diaryl/α,β-unsaturated/α-hetero) is 1. The van der Waals surface area contributed by atoms with Gasteiger partial charge in [-0.1, -0.05) is 42.5 Å². The van der Waals surface area contributed by atoms with Crippen LogP contribution in [0.3, 0.4) is 0 Å². The van der Waals surface area contributed by atoms with E-state index in [1.807, 2.05) is 12.1 Å². The molecule has 130 valence electrons. The third-order valence-electron chi connectivity index (χ3n) is 4.52. The zero-order valence-corrected chi connectivity index (χ0v) is 14.8. The van der Waals surface area contributed by atoms with E-state index in [9.17, 15) is 14.4 Å². The zero-order chi connectivity index (χ0) is 17.6. The van der Waals surface area contributed by atoms with Crippen LogP contribution in [0.4, 0.5) is 0 Å². The molecule has 25 heavy (non-hydrogen) atoms. The molecule has 1 atom stereocenters. The number of thioether (sulfide) groups is 1. The fourth-order valence-corrected chi connectivity index (χ4v) is 4.16. The summed E-state index contributed by atoms with van der Waals surface area (Å²) in [6.45, 7) is 0. The standard InChI is InChI=1S/C20H21NO3S/c22-12-18-13-25-14-21(18)20(24)10-9-19(23)8-6-15-5-7-16-3-1-2-4-17(16)11-15/h1-5,7,11-12,18H,6,8-10,13-14H2/t18-/m1/s1. The summed E-state index contributed by atoms with van der Waals surface area (Å²) in [6, 6.07) is 14.1. The van der Waals surface area contributed by atoms with Crippen LogP contribution in [0.2, 0.25) is 0 Å². The molecule has 4 nitrogen and oxygen atoms in total. The van der Waals surface area contributed by atoms with Gasteiger partial charge in [0.2, 0.25) is 5.91 Å². The number of carbonyl (C=O) groups excluding carboxylic acids is 3. The lowest BCUT2D eigenvalue weighted by molar-refractivity contribution is -0.135. The smallest absolute Gasteiger partial charge is 0.224 e. The molecule has 0 N–H and O–H groups in total. The number of aryl methyl sites for hydroxylation is 1. The average molecular weight is 355 g/mol. The molecule has 2 aromatic carbocycles. The maximum absolute atomic E-state index is 12.1. The Morgan fingerprint density at radius 1 is 1.08 bits per heavy atom. The van der Waals surface area contributed by atoms with Gasteiger partial charge in [-0.25, -0.2) is 0 Å². The number of carbonyl (C=O) groups is 3. The summed E-state index contributed by atoms with van der Waals surface area (Å²) in [5.41, 5.74) is 1.13. The Kier molecular flexibility index (Phi) is 5.87. The van der Waals surface area contributed by atoms with Gasteiger partial charge in [-0.3, -0.25) is 9.59 Å². The Bertz CT molecular complexity index is 789. The first kappa shape index (κ1) is 17.7. The molecule has 0 aromatic heterocycles. The molecule has 0 saturated carbocycles. The lowest BCUT2D eigenvalue weighted by Gasteiger charge is -2.19. The second-order valence-electron chi connectivity index (χ2n) is 6.29. The first-order valence-corrected chi connectivity index (χ1v) is 9.65. The van der Waals surface area contributed by atoms with Crippen LogP contribution in [-0.4, -0.2) is 40.5 Å². The molecule has 1 amide bonds. The van der Waals surface area contributed by atoms with Gasteiger partial charge >= 0.3 is 0 Å². The van der Waals surface area contributed by atoms with Crippen molar-refractivity contribution in [2.45, 2.75) is 31.7 Å². The van der Waals surface area contributed by atoms with E-state index in [0.29, 0.717) is 24.5 Å². The SMILES string of the molecule is O=C[C@@H]1CSCN1C(=O)CCC(=O)CCc1ccc2ccccc2c1. The van der Waals surface area contributed by atoms with Crippen molar-refractivity contribution >= 4 is 40.5 Å². The van der Waals surface area contributed by atoms with Crippen LogP contribution in [0, 0.1) is 0 Å². The Morgan fingerprint density at radius 3 is 2.68 bits per heavy atom. The molecule has 1 fully saturated rings. The summed E-state index contributed by atoms with van der Waals surface area (Å²) in [6.07, 6.45) is 2.39. The van der Waals surface area contributed by atoms with Crippen molar-refractivity contribution in [2.75, 3.05) is 11.6 Å². The minimum absolute atomic E-state index is 0.0935. The lowest BCUT2D eigenvalue weighted by atomic mass is 10.0. The molecule has 5 heteroatoms. The van der Waals surface area contributed by atoms with Crippen LogP contribution in [-0.2, 0) is 20.8 Å². The van der Waals surface area contributed by atoms with Crippen LogP contribution in [0.1, 0.15) is 24.8 Å². The first-order chi connectivity index (χ1) is 12.2. The number of ketones is 1. The lowest BCUT2D eigenvalue weighted by Crippen LogP contribution is -2.37. The van der Waals surface area contributed by atoms with E-state index >= 15 is 0 Å². The van der Waals surface area contributed by atoms with Gasteiger partial charge in [0.25, 0.3) is 0 Å². The number of nitrogens with zero attached hydrogens (tertiary/aromatic N) is 1. The molecule has 1 saturated heterocycles. The zero-order valence-electron chi connectivity index (χ0n) is 14.0. The predicted octanol–water partition coefficient (Wildman–Crippen LogP) is 3.22. The average Bonchev–Trinajstić information content (AvgIpc) is 3.13. The second kappa shape index (κ2) is 8.30. The van der Waals surface area contributed by atoms with Crippen LogP contribution in [0.25, 0.3) is 10.8 Å². The predicted molar refractivity (Wildman–Crippen MR) is 101 cm³/mol. The minimum Gasteiger partial charge on any atom is -0.323 e. The van der Waals surface area contributed by atoms with Gasteiger partial charge < -0.3 is 9.69 Å². The Labute approximate surface area is 151 Å². The maximum atomic E-state index is 12.1. The van der Waals surface area contributed by atoms with E-state index in [2.05, 4.69) is 30.3 Å². The molecule has 0 unspecified atom stereocenters. The summed E-state index contributed by atoms with van der Waals surface area (Å²) < 4.78 is 0. The van der Waals surface area contributed by atoms with Crippen molar-refractivity contribution in [3.05, 3.63) is 48.0 Å². The van der Waals surface area contributed by atoms with Crippen LogP contribution in [0.15, 0.2) is 42.5 Å². The molecule has 0 radical (unpaired) electrons. The van der Waals surface area contributed by atoms with E-state index in [-0.39, 0.29) is 30.6 Å². The van der Waals surface area contributed by atoms with Crippen molar-refractivity contribution < 1.29 is 14.4 Å². The Hall–Kier alpha value is -2.14. The van der Waals surface area contributed by atoms with E-state index in [0.717, 1.165) is 11.8 Å². The molecule has 0 bridgehead atoms. The largest absolute Gasteiger partial charge is 0.323 e. The number of hydrogen-bond donors (Lipinski definition) is 0. The molecule has 3 rings (SSSR count). The van der Waals surface area contributed by atoms with E-state index in [4.69, 9.17) is 0 Å². The summed E-state index contributed by atoms with van der Waals surface area (Å²) in [7, 11) is 0. The highest BCUT2D eigenvalue weighted by atomic mass is 32.2. The van der Waals surface area contributed by atoms with Gasteiger partial charge in [0, 0.05) is 25.0 Å². The van der Waals surface area contributed by atoms with Gasteiger partial charge in [-0.05, 0) is 22.8 Å². The van der Waals surface area contributed by atoms with E-state index < -0.39 is 0 Å². The summed E-state index contributed by atoms with van der Waals surface area (Å²) in [4.78, 5) is 36.8. The van der Waals surface area contributed by atoms with Crippen molar-refractivity contribution in [2.24, 2.45) is 0 Å². The number of rotatable bonds is 7. The number of amides is 1.